The van der Waals surface area contributed by atoms with E-state index in [0.29, 0.717) is 6.42 Å². The van der Waals surface area contributed by atoms with E-state index in [4.69, 9.17) is 5.11 Å². The molecule has 1 fully saturated rings. The molecule has 1 saturated carbocycles. The Morgan fingerprint density at radius 3 is 2.72 bits per heavy atom. The highest BCUT2D eigenvalue weighted by atomic mass is 32.1. The average Bonchev–Trinajstić information content (AvgIpc) is 2.77. The van der Waals surface area contributed by atoms with Crippen molar-refractivity contribution in [3.63, 3.8) is 0 Å². The minimum Gasteiger partial charge on any atom is -0.481 e. The minimum absolute atomic E-state index is 0.0574. The number of carboxylic acids is 1. The molecule has 1 aliphatic carbocycles. The molecule has 2 atom stereocenters. The lowest BCUT2D eigenvalue weighted by molar-refractivity contribution is -0.138. The van der Waals surface area contributed by atoms with Gasteiger partial charge in [-0.25, -0.2) is 0 Å². The van der Waals surface area contributed by atoms with E-state index in [0.717, 1.165) is 15.8 Å². The molecule has 0 aromatic carbocycles. The number of carboxylic acid groups (broad SMARTS) is 1. The van der Waals surface area contributed by atoms with E-state index < -0.39 is 5.97 Å². The summed E-state index contributed by atoms with van der Waals surface area (Å²) in [7, 11) is 0. The van der Waals surface area contributed by atoms with E-state index in [1.54, 1.807) is 4.52 Å². The topological polar surface area (TPSA) is 80.4 Å². The predicted molar refractivity (Wildman–Crippen MR) is 65.8 cm³/mol. The molecule has 6 nitrogen and oxygen atoms in total. The molecule has 0 aliphatic heterocycles. The largest absolute Gasteiger partial charge is 0.481 e. The van der Waals surface area contributed by atoms with Crippen molar-refractivity contribution >= 4 is 22.3 Å². The Balaban J connectivity index is 1.98. The van der Waals surface area contributed by atoms with Crippen LogP contribution in [0.25, 0.3) is 4.96 Å². The van der Waals surface area contributed by atoms with Crippen LogP contribution >= 0.6 is 11.3 Å². The summed E-state index contributed by atoms with van der Waals surface area (Å²) < 4.78 is 1.75. The van der Waals surface area contributed by atoms with Gasteiger partial charge < -0.3 is 5.11 Å². The van der Waals surface area contributed by atoms with Crippen LogP contribution in [0.5, 0.6) is 0 Å². The third-order valence-electron chi connectivity index (χ3n) is 3.10. The van der Waals surface area contributed by atoms with Crippen LogP contribution in [0.2, 0.25) is 0 Å². The first-order valence-electron chi connectivity index (χ1n) is 5.83. The van der Waals surface area contributed by atoms with E-state index in [1.807, 2.05) is 0 Å². The number of rotatable bonds is 2. The molecule has 2 heterocycles. The maximum Gasteiger partial charge on any atom is 0.307 e. The highest BCUT2D eigenvalue weighted by Gasteiger charge is 2.46. The number of aromatic nitrogens is 4. The van der Waals surface area contributed by atoms with Crippen molar-refractivity contribution in [1.82, 2.24) is 19.8 Å². The zero-order chi connectivity index (χ0) is 13.1. The summed E-state index contributed by atoms with van der Waals surface area (Å²) in [6.07, 6.45) is 0.685. The smallest absolute Gasteiger partial charge is 0.307 e. The van der Waals surface area contributed by atoms with Crippen LogP contribution in [-0.4, -0.2) is 30.9 Å². The molecular weight excluding hydrogens is 252 g/mol. The standard InChI is InChI=1S/C11H14N4O2S/c1-11(2,3)9-12-13-10-15(9)14-7(18-10)5-4-6(5)8(16)17/h5-6H,4H2,1-3H3,(H,16,17). The van der Waals surface area contributed by atoms with Gasteiger partial charge in [0.05, 0.1) is 5.92 Å². The molecule has 2 aromatic heterocycles. The number of hydrogen-bond acceptors (Lipinski definition) is 5. The van der Waals surface area contributed by atoms with Gasteiger partial charge in [-0.2, -0.15) is 9.61 Å². The van der Waals surface area contributed by atoms with Gasteiger partial charge in [-0.15, -0.1) is 10.2 Å². The van der Waals surface area contributed by atoms with Crippen LogP contribution in [0.15, 0.2) is 0 Å². The van der Waals surface area contributed by atoms with Gasteiger partial charge in [-0.1, -0.05) is 32.1 Å². The second kappa shape index (κ2) is 3.50. The Hall–Kier alpha value is -1.50. The monoisotopic (exact) mass is 266 g/mol. The Kier molecular flexibility index (Phi) is 2.25. The third kappa shape index (κ3) is 1.69. The van der Waals surface area contributed by atoms with E-state index in [9.17, 15) is 4.79 Å². The van der Waals surface area contributed by atoms with Crippen LogP contribution in [0.4, 0.5) is 0 Å². The fourth-order valence-corrected chi connectivity index (χ4v) is 3.01. The van der Waals surface area contributed by atoms with Gasteiger partial charge in [0.15, 0.2) is 5.82 Å². The minimum atomic E-state index is -0.734. The molecular formula is C11H14N4O2S. The zero-order valence-electron chi connectivity index (χ0n) is 10.4. The third-order valence-corrected chi connectivity index (χ3v) is 4.13. The number of carbonyl (C=O) groups is 1. The van der Waals surface area contributed by atoms with E-state index >= 15 is 0 Å². The molecule has 7 heteroatoms. The molecule has 0 saturated heterocycles. The molecule has 0 spiro atoms. The quantitative estimate of drug-likeness (QED) is 0.894. The van der Waals surface area contributed by atoms with Gasteiger partial charge in [0, 0.05) is 11.3 Å². The maximum atomic E-state index is 10.9. The summed E-state index contributed by atoms with van der Waals surface area (Å²) in [5.41, 5.74) is -0.124. The first kappa shape index (κ1) is 11.6. The molecule has 3 rings (SSSR count). The van der Waals surface area contributed by atoms with Crippen LogP contribution in [-0.2, 0) is 10.2 Å². The Morgan fingerprint density at radius 2 is 2.17 bits per heavy atom. The first-order valence-corrected chi connectivity index (χ1v) is 6.65. The number of hydrogen-bond donors (Lipinski definition) is 1. The molecule has 96 valence electrons. The lowest BCUT2D eigenvalue weighted by Crippen LogP contribution is -2.16. The first-order chi connectivity index (χ1) is 8.38. The molecule has 1 N–H and O–H groups in total. The van der Waals surface area contributed by atoms with Gasteiger partial charge >= 0.3 is 5.97 Å². The van der Waals surface area contributed by atoms with Crippen LogP contribution in [0.3, 0.4) is 0 Å². The van der Waals surface area contributed by atoms with E-state index in [-0.39, 0.29) is 17.3 Å². The Labute approximate surface area is 108 Å². The Bertz CT molecular complexity index is 625. The van der Waals surface area contributed by atoms with Crippen molar-refractivity contribution in [2.24, 2.45) is 5.92 Å². The number of aliphatic carboxylic acids is 1. The van der Waals surface area contributed by atoms with Gasteiger partial charge in [0.25, 0.3) is 0 Å². The Morgan fingerprint density at radius 1 is 1.44 bits per heavy atom. The van der Waals surface area contributed by atoms with Gasteiger partial charge in [-0.05, 0) is 6.42 Å². The SMILES string of the molecule is CC(C)(C)c1nnc2sc(C3CC3C(=O)O)nn12. The van der Waals surface area contributed by atoms with Crippen molar-refractivity contribution in [1.29, 1.82) is 0 Å². The number of fused-ring (bicyclic) bond motifs is 1. The van der Waals surface area contributed by atoms with E-state index in [1.165, 1.54) is 11.3 Å². The average molecular weight is 266 g/mol. The molecule has 1 aliphatic rings. The summed E-state index contributed by atoms with van der Waals surface area (Å²) in [5, 5.41) is 22.5. The lowest BCUT2D eigenvalue weighted by Gasteiger charge is -2.13. The fraction of sp³-hybridized carbons (Fsp3) is 0.636. The molecule has 2 aromatic rings. The predicted octanol–water partition coefficient (Wildman–Crippen LogP) is 1.67. The molecule has 18 heavy (non-hydrogen) atoms. The summed E-state index contributed by atoms with van der Waals surface area (Å²) in [6, 6.07) is 0. The van der Waals surface area contributed by atoms with Crippen molar-refractivity contribution in [3.8, 4) is 0 Å². The summed E-state index contributed by atoms with van der Waals surface area (Å²) in [5.74, 6) is -0.136. The lowest BCUT2D eigenvalue weighted by atomic mass is 9.96. The highest BCUT2D eigenvalue weighted by molar-refractivity contribution is 7.16. The van der Waals surface area contributed by atoms with Gasteiger partial charge in [-0.3, -0.25) is 4.79 Å². The van der Waals surface area contributed by atoms with Gasteiger partial charge in [0.2, 0.25) is 4.96 Å². The molecule has 2 unspecified atom stereocenters. The van der Waals surface area contributed by atoms with Crippen molar-refractivity contribution in [2.75, 3.05) is 0 Å². The van der Waals surface area contributed by atoms with Crippen molar-refractivity contribution in [2.45, 2.75) is 38.5 Å². The van der Waals surface area contributed by atoms with Crippen molar-refractivity contribution < 1.29 is 9.90 Å². The summed E-state index contributed by atoms with van der Waals surface area (Å²) in [6.45, 7) is 6.17. The second-order valence-electron chi connectivity index (χ2n) is 5.70. The van der Waals surface area contributed by atoms with Crippen LogP contribution < -0.4 is 0 Å². The van der Waals surface area contributed by atoms with E-state index in [2.05, 4.69) is 36.1 Å². The van der Waals surface area contributed by atoms with Gasteiger partial charge in [0.1, 0.15) is 5.01 Å². The molecule has 0 radical (unpaired) electrons. The normalized spacial score (nSPS) is 23.5. The maximum absolute atomic E-state index is 10.9. The van der Waals surface area contributed by atoms with Crippen molar-refractivity contribution in [3.05, 3.63) is 10.8 Å². The molecule has 0 amide bonds. The fourth-order valence-electron chi connectivity index (χ4n) is 1.99. The second-order valence-corrected chi connectivity index (χ2v) is 6.68. The highest BCUT2D eigenvalue weighted by Crippen LogP contribution is 2.48. The summed E-state index contributed by atoms with van der Waals surface area (Å²) >= 11 is 1.44. The zero-order valence-corrected chi connectivity index (χ0v) is 11.2. The molecule has 0 bridgehead atoms. The van der Waals surface area contributed by atoms with Crippen LogP contribution in [0, 0.1) is 5.92 Å². The number of nitrogens with zero attached hydrogens (tertiary/aromatic N) is 4. The summed E-state index contributed by atoms with van der Waals surface area (Å²) in [4.78, 5) is 11.6. The van der Waals surface area contributed by atoms with Crippen LogP contribution in [0.1, 0.15) is 43.9 Å².